The molecule has 1 amide bonds. The van der Waals surface area contributed by atoms with Crippen LogP contribution in [0.25, 0.3) is 10.9 Å². The number of aromatic nitrogens is 2. The van der Waals surface area contributed by atoms with Crippen molar-refractivity contribution in [3.8, 4) is 0 Å². The fraction of sp³-hybridized carbons (Fsp3) is 0.150. The summed E-state index contributed by atoms with van der Waals surface area (Å²) in [6.07, 6.45) is 2.76. The van der Waals surface area contributed by atoms with Crippen LogP contribution in [-0.4, -0.2) is 15.9 Å². The molecule has 6 heteroatoms. The van der Waals surface area contributed by atoms with Crippen LogP contribution in [0.4, 0.5) is 17.2 Å². The molecule has 0 atom stereocenters. The number of carbonyl (C=O) groups excluding carboxylic acids is 1. The van der Waals surface area contributed by atoms with Crippen molar-refractivity contribution in [2.45, 2.75) is 20.8 Å². The van der Waals surface area contributed by atoms with Crippen LogP contribution >= 0.6 is 15.9 Å². The average Bonchev–Trinajstić information content (AvgIpc) is 2.64. The van der Waals surface area contributed by atoms with Gasteiger partial charge in [0.25, 0.3) is 0 Å². The molecular weight excluding hydrogens is 392 g/mol. The Labute approximate surface area is 161 Å². The maximum Gasteiger partial charge on any atom is 0.247 e. The molecule has 0 aliphatic heterocycles. The lowest BCUT2D eigenvalue weighted by molar-refractivity contribution is -0.111. The zero-order valence-corrected chi connectivity index (χ0v) is 16.6. The van der Waals surface area contributed by atoms with E-state index < -0.39 is 0 Å². The lowest BCUT2D eigenvalue weighted by atomic mass is 10.1. The fourth-order valence-corrected chi connectivity index (χ4v) is 2.73. The normalized spacial score (nSPS) is 9.85. The Bertz CT molecular complexity index is 940. The minimum absolute atomic E-state index is 0.254. The third kappa shape index (κ3) is 4.67. The van der Waals surface area contributed by atoms with E-state index in [0.717, 1.165) is 26.6 Å². The van der Waals surface area contributed by atoms with Crippen molar-refractivity contribution in [1.29, 1.82) is 0 Å². The van der Waals surface area contributed by atoms with Crippen LogP contribution in [0.2, 0.25) is 0 Å². The smallest absolute Gasteiger partial charge is 0.247 e. The fourth-order valence-electron chi connectivity index (χ4n) is 2.33. The van der Waals surface area contributed by atoms with Gasteiger partial charge in [0.1, 0.15) is 12.1 Å². The molecule has 2 aromatic carbocycles. The van der Waals surface area contributed by atoms with E-state index in [-0.39, 0.29) is 5.91 Å². The van der Waals surface area contributed by atoms with Gasteiger partial charge >= 0.3 is 0 Å². The molecule has 3 rings (SSSR count). The summed E-state index contributed by atoms with van der Waals surface area (Å²) in [7, 11) is 0. The van der Waals surface area contributed by atoms with Crippen molar-refractivity contribution >= 4 is 49.9 Å². The highest BCUT2D eigenvalue weighted by Gasteiger charge is 2.09. The summed E-state index contributed by atoms with van der Waals surface area (Å²) in [5.41, 5.74) is 3.34. The summed E-state index contributed by atoms with van der Waals surface area (Å²) in [5.74, 6) is 0.419. The molecule has 2 N–H and O–H groups in total. The van der Waals surface area contributed by atoms with Gasteiger partial charge < -0.3 is 10.6 Å². The minimum atomic E-state index is -0.254. The second-order valence-electron chi connectivity index (χ2n) is 5.24. The first-order valence-corrected chi connectivity index (χ1v) is 9.07. The zero-order chi connectivity index (χ0) is 19.1. The van der Waals surface area contributed by atoms with Crippen LogP contribution in [0.1, 0.15) is 19.4 Å². The van der Waals surface area contributed by atoms with E-state index in [1.54, 1.807) is 0 Å². The monoisotopic (exact) mass is 412 g/mol. The third-order valence-corrected chi connectivity index (χ3v) is 4.01. The lowest BCUT2D eigenvalue weighted by Gasteiger charge is -2.12. The Hall–Kier alpha value is -2.73. The molecule has 5 nitrogen and oxygen atoms in total. The molecule has 0 saturated carbocycles. The van der Waals surface area contributed by atoms with Gasteiger partial charge in [0.15, 0.2) is 0 Å². The number of amides is 1. The van der Waals surface area contributed by atoms with Gasteiger partial charge in [0.2, 0.25) is 5.91 Å². The molecule has 1 heterocycles. The number of fused-ring (bicyclic) bond motifs is 1. The number of carbonyl (C=O) groups is 1. The predicted molar refractivity (Wildman–Crippen MR) is 112 cm³/mol. The lowest BCUT2D eigenvalue weighted by Crippen LogP contribution is -2.09. The van der Waals surface area contributed by atoms with Gasteiger partial charge in [-0.3, -0.25) is 4.79 Å². The molecule has 134 valence electrons. The highest BCUT2D eigenvalue weighted by molar-refractivity contribution is 9.10. The van der Waals surface area contributed by atoms with Crippen LogP contribution in [0.3, 0.4) is 0 Å². The molecule has 0 saturated heterocycles. The largest absolute Gasteiger partial charge is 0.340 e. The number of nitrogens with zero attached hydrogens (tertiary/aromatic N) is 2. The standard InChI is InChI=1S/C18H15BrN4O.C2H6/c1-3-17(24)23-15-9-14-16(7-11(15)2)20-10-21-18(14)22-13-6-4-5-12(19)8-13;1-2/h3-10H,1H2,2H3,(H,23,24)(H,20,21,22);1-2H3. The summed E-state index contributed by atoms with van der Waals surface area (Å²) >= 11 is 3.45. The van der Waals surface area contributed by atoms with Crippen molar-refractivity contribution < 1.29 is 4.79 Å². The molecule has 0 fully saturated rings. The molecule has 1 aromatic heterocycles. The molecule has 0 spiro atoms. The first-order chi connectivity index (χ1) is 12.6. The number of benzene rings is 2. The SMILES string of the molecule is C=CC(=O)Nc1cc2c(Nc3cccc(Br)c3)ncnc2cc1C.CC. The van der Waals surface area contributed by atoms with Crippen molar-refractivity contribution in [2.24, 2.45) is 0 Å². The number of hydrogen-bond acceptors (Lipinski definition) is 4. The van der Waals surface area contributed by atoms with Gasteiger partial charge in [0.05, 0.1) is 5.52 Å². The van der Waals surface area contributed by atoms with Crippen LogP contribution < -0.4 is 10.6 Å². The third-order valence-electron chi connectivity index (χ3n) is 3.51. The molecule has 0 aliphatic rings. The Morgan fingerprint density at radius 3 is 2.65 bits per heavy atom. The van der Waals surface area contributed by atoms with Gasteiger partial charge in [-0.05, 0) is 48.9 Å². The average molecular weight is 413 g/mol. The van der Waals surface area contributed by atoms with E-state index in [2.05, 4.69) is 43.1 Å². The van der Waals surface area contributed by atoms with Gasteiger partial charge in [-0.15, -0.1) is 0 Å². The number of rotatable bonds is 4. The number of hydrogen-bond donors (Lipinski definition) is 2. The maximum atomic E-state index is 11.6. The minimum Gasteiger partial charge on any atom is -0.340 e. The van der Waals surface area contributed by atoms with Crippen LogP contribution in [0, 0.1) is 6.92 Å². The Morgan fingerprint density at radius 1 is 1.19 bits per heavy atom. The Balaban J connectivity index is 0.00000117. The van der Waals surface area contributed by atoms with Crippen LogP contribution in [-0.2, 0) is 4.79 Å². The van der Waals surface area contributed by atoms with E-state index in [0.29, 0.717) is 11.5 Å². The molecule has 0 bridgehead atoms. The van der Waals surface area contributed by atoms with E-state index in [4.69, 9.17) is 0 Å². The first kappa shape index (κ1) is 19.6. The molecule has 3 aromatic rings. The first-order valence-electron chi connectivity index (χ1n) is 8.28. The van der Waals surface area contributed by atoms with Gasteiger partial charge in [-0.25, -0.2) is 9.97 Å². The molecule has 0 aliphatic carbocycles. The Morgan fingerprint density at radius 2 is 1.96 bits per heavy atom. The van der Waals surface area contributed by atoms with Gasteiger partial charge in [0, 0.05) is 21.2 Å². The zero-order valence-electron chi connectivity index (χ0n) is 15.0. The summed E-state index contributed by atoms with van der Waals surface area (Å²) in [6, 6.07) is 11.6. The summed E-state index contributed by atoms with van der Waals surface area (Å²) in [4.78, 5) is 20.2. The molecular formula is C20H21BrN4O. The molecule has 26 heavy (non-hydrogen) atoms. The Kier molecular flexibility index (Phi) is 6.86. The second kappa shape index (κ2) is 9.10. The van der Waals surface area contributed by atoms with Crippen molar-refractivity contribution in [3.05, 3.63) is 65.4 Å². The van der Waals surface area contributed by atoms with Crippen molar-refractivity contribution in [3.63, 3.8) is 0 Å². The number of halogens is 1. The predicted octanol–water partition coefficient (Wildman–Crippen LogP) is 5.60. The maximum absolute atomic E-state index is 11.6. The quantitative estimate of drug-likeness (QED) is 0.547. The summed E-state index contributed by atoms with van der Waals surface area (Å²) < 4.78 is 0.973. The van der Waals surface area contributed by atoms with E-state index in [1.165, 1.54) is 12.4 Å². The van der Waals surface area contributed by atoms with E-state index >= 15 is 0 Å². The molecule has 0 unspecified atom stereocenters. The molecule has 0 radical (unpaired) electrons. The van der Waals surface area contributed by atoms with E-state index in [9.17, 15) is 4.79 Å². The highest BCUT2D eigenvalue weighted by atomic mass is 79.9. The number of nitrogens with one attached hydrogen (secondary N) is 2. The van der Waals surface area contributed by atoms with Crippen LogP contribution in [0.15, 0.2) is 59.9 Å². The van der Waals surface area contributed by atoms with Gasteiger partial charge in [-0.1, -0.05) is 42.4 Å². The highest BCUT2D eigenvalue weighted by Crippen LogP contribution is 2.29. The topological polar surface area (TPSA) is 66.9 Å². The van der Waals surface area contributed by atoms with Crippen LogP contribution in [0.5, 0.6) is 0 Å². The van der Waals surface area contributed by atoms with Crippen molar-refractivity contribution in [1.82, 2.24) is 9.97 Å². The second-order valence-corrected chi connectivity index (χ2v) is 6.15. The number of aryl methyl sites for hydroxylation is 1. The van der Waals surface area contributed by atoms with Gasteiger partial charge in [-0.2, -0.15) is 0 Å². The summed E-state index contributed by atoms with van der Waals surface area (Å²) in [6.45, 7) is 9.40. The summed E-state index contributed by atoms with van der Waals surface area (Å²) in [5, 5.41) is 6.91. The van der Waals surface area contributed by atoms with E-state index in [1.807, 2.05) is 57.2 Å². The number of anilines is 3. The van der Waals surface area contributed by atoms with Crippen molar-refractivity contribution in [2.75, 3.05) is 10.6 Å².